The molecule has 0 unspecified atom stereocenters. The zero-order chi connectivity index (χ0) is 18.4. The second-order valence-electron chi connectivity index (χ2n) is 7.07. The van der Waals surface area contributed by atoms with Gasteiger partial charge in [-0.25, -0.2) is 9.50 Å². The fourth-order valence-corrected chi connectivity index (χ4v) is 3.92. The van der Waals surface area contributed by atoms with E-state index >= 15 is 0 Å². The minimum Gasteiger partial charge on any atom is -0.381 e. The number of amides is 1. The van der Waals surface area contributed by atoms with Gasteiger partial charge in [0.15, 0.2) is 5.82 Å². The van der Waals surface area contributed by atoms with E-state index < -0.39 is 0 Å². The van der Waals surface area contributed by atoms with Crippen LogP contribution in [0.25, 0.3) is 5.78 Å². The molecule has 5 rings (SSSR count). The number of ether oxygens (including phenoxy) is 1. The molecule has 0 N–H and O–H groups in total. The summed E-state index contributed by atoms with van der Waals surface area (Å²) in [5.74, 6) is 2.55. The molecule has 10 nitrogen and oxygen atoms in total. The Morgan fingerprint density at radius 1 is 1.26 bits per heavy atom. The predicted octanol–water partition coefficient (Wildman–Crippen LogP) is 0.827. The monoisotopic (exact) mass is 368 g/mol. The molecule has 2 aliphatic rings. The fourth-order valence-electron chi connectivity index (χ4n) is 3.92. The highest BCUT2D eigenvalue weighted by molar-refractivity contribution is 5.90. The first kappa shape index (κ1) is 16.3. The third kappa shape index (κ3) is 2.76. The zero-order valence-corrected chi connectivity index (χ0v) is 15.0. The Kier molecular flexibility index (Phi) is 3.85. The van der Waals surface area contributed by atoms with Gasteiger partial charge in [0, 0.05) is 38.1 Å². The average Bonchev–Trinajstić information content (AvgIpc) is 3.32. The lowest BCUT2D eigenvalue weighted by atomic mass is 9.99. The van der Waals surface area contributed by atoms with Crippen LogP contribution in [-0.2, 0) is 11.3 Å². The van der Waals surface area contributed by atoms with Gasteiger partial charge in [-0.15, -0.1) is 15.3 Å². The third-order valence-electron chi connectivity index (χ3n) is 5.23. The van der Waals surface area contributed by atoms with Gasteiger partial charge >= 0.3 is 0 Å². The lowest BCUT2D eigenvalue weighted by Gasteiger charge is -2.33. The third-order valence-corrected chi connectivity index (χ3v) is 5.23. The Balaban J connectivity index is 1.41. The molecule has 10 heteroatoms. The Morgan fingerprint density at radius 3 is 2.93 bits per heavy atom. The highest BCUT2D eigenvalue weighted by Gasteiger charge is 2.33. The van der Waals surface area contributed by atoms with Crippen LogP contribution in [0.5, 0.6) is 0 Å². The first-order valence-electron chi connectivity index (χ1n) is 9.19. The molecule has 3 aromatic rings. The molecule has 1 atom stereocenters. The topological polar surface area (TPSA) is 103 Å². The van der Waals surface area contributed by atoms with Crippen molar-refractivity contribution in [3.63, 3.8) is 0 Å². The van der Waals surface area contributed by atoms with Gasteiger partial charge in [-0.1, -0.05) is 0 Å². The van der Waals surface area contributed by atoms with Gasteiger partial charge in [-0.05, 0) is 25.8 Å². The maximum Gasteiger partial charge on any atom is 0.294 e. The van der Waals surface area contributed by atoms with E-state index in [0.717, 1.165) is 37.7 Å². The Bertz CT molecular complexity index is 957. The van der Waals surface area contributed by atoms with Crippen molar-refractivity contribution >= 4 is 11.7 Å². The highest BCUT2D eigenvalue weighted by Crippen LogP contribution is 2.31. The fraction of sp³-hybridized carbons (Fsp3) is 0.529. The van der Waals surface area contributed by atoms with Gasteiger partial charge in [0.2, 0.25) is 5.82 Å². The van der Waals surface area contributed by atoms with E-state index in [1.807, 2.05) is 0 Å². The smallest absolute Gasteiger partial charge is 0.294 e. The van der Waals surface area contributed by atoms with Crippen LogP contribution >= 0.6 is 0 Å². The summed E-state index contributed by atoms with van der Waals surface area (Å²) < 4.78 is 9.16. The second kappa shape index (κ2) is 6.38. The second-order valence-corrected chi connectivity index (χ2v) is 7.07. The largest absolute Gasteiger partial charge is 0.381 e. The Labute approximate surface area is 155 Å². The average molecular weight is 368 g/mol. The number of rotatable bonds is 2. The number of carbonyl (C=O) groups is 1. The predicted molar refractivity (Wildman–Crippen MR) is 93.0 cm³/mol. The molecule has 0 aromatic carbocycles. The van der Waals surface area contributed by atoms with Crippen molar-refractivity contribution in [1.82, 2.24) is 39.2 Å². The zero-order valence-electron chi connectivity index (χ0n) is 15.0. The summed E-state index contributed by atoms with van der Waals surface area (Å²) in [6, 6.07) is 1.85. The van der Waals surface area contributed by atoms with Crippen molar-refractivity contribution in [1.29, 1.82) is 0 Å². The highest BCUT2D eigenvalue weighted by atomic mass is 16.5. The van der Waals surface area contributed by atoms with Gasteiger partial charge in [-0.3, -0.25) is 4.79 Å². The van der Waals surface area contributed by atoms with E-state index in [9.17, 15) is 4.79 Å². The van der Waals surface area contributed by atoms with E-state index in [2.05, 4.69) is 36.8 Å². The molecule has 5 heterocycles. The number of aromatic nitrogens is 7. The quantitative estimate of drug-likeness (QED) is 0.660. The van der Waals surface area contributed by atoms with Crippen molar-refractivity contribution in [2.24, 2.45) is 0 Å². The number of hydrogen-bond acceptors (Lipinski definition) is 7. The summed E-state index contributed by atoms with van der Waals surface area (Å²) in [4.78, 5) is 23.0. The number of nitrogens with zero attached hydrogens (tertiary/aromatic N) is 8. The number of fused-ring (bicyclic) bond motifs is 2. The summed E-state index contributed by atoms with van der Waals surface area (Å²) in [5.41, 5.74) is 0. The molecule has 0 bridgehead atoms. The van der Waals surface area contributed by atoms with Crippen LogP contribution in [-0.4, -0.2) is 64.9 Å². The minimum absolute atomic E-state index is 0.0979. The van der Waals surface area contributed by atoms with Gasteiger partial charge in [0.1, 0.15) is 5.82 Å². The summed E-state index contributed by atoms with van der Waals surface area (Å²) in [5, 5.41) is 13.1. The van der Waals surface area contributed by atoms with Crippen LogP contribution in [0.4, 0.5) is 0 Å². The normalized spacial score (nSPS) is 20.8. The van der Waals surface area contributed by atoms with E-state index in [4.69, 9.17) is 4.74 Å². The summed E-state index contributed by atoms with van der Waals surface area (Å²) in [6.45, 7) is 4.60. The Hall–Kier alpha value is -2.88. The van der Waals surface area contributed by atoms with Gasteiger partial charge < -0.3 is 14.2 Å². The van der Waals surface area contributed by atoms with Crippen LogP contribution in [0.3, 0.4) is 0 Å². The van der Waals surface area contributed by atoms with E-state index in [1.54, 1.807) is 23.4 Å². The maximum absolute atomic E-state index is 12.9. The minimum atomic E-state index is -0.214. The maximum atomic E-state index is 12.9. The first-order chi connectivity index (χ1) is 13.2. The van der Waals surface area contributed by atoms with Gasteiger partial charge in [-0.2, -0.15) is 4.98 Å². The molecule has 0 spiro atoms. The van der Waals surface area contributed by atoms with Crippen LogP contribution in [0.2, 0.25) is 0 Å². The molecule has 0 radical (unpaired) electrons. The van der Waals surface area contributed by atoms with Gasteiger partial charge in [0.25, 0.3) is 11.7 Å². The van der Waals surface area contributed by atoms with Crippen molar-refractivity contribution in [2.45, 2.75) is 38.3 Å². The number of carbonyl (C=O) groups excluding carboxylic acids is 1. The standard InChI is InChI=1S/C17H20N8O2/c1-11-9-23(16(26)14-19-17-18-5-2-6-24(17)22-14)10-13-20-21-15(25(11)13)12-3-7-27-8-4-12/h2,5-6,11-12H,3-4,7-10H2,1H3/t11-/m0/s1. The SMILES string of the molecule is C[C@H]1CN(C(=O)c2nc3ncccn3n2)Cc2nnc(C3CCOCC3)n21. The van der Waals surface area contributed by atoms with Crippen molar-refractivity contribution < 1.29 is 9.53 Å². The van der Waals surface area contributed by atoms with Crippen LogP contribution in [0.1, 0.15) is 54.0 Å². The van der Waals surface area contributed by atoms with E-state index in [1.165, 1.54) is 4.52 Å². The molecule has 2 aliphatic heterocycles. The van der Waals surface area contributed by atoms with Crippen LogP contribution < -0.4 is 0 Å². The number of hydrogen-bond donors (Lipinski definition) is 0. The van der Waals surface area contributed by atoms with E-state index in [-0.39, 0.29) is 17.8 Å². The van der Waals surface area contributed by atoms with Crippen molar-refractivity contribution in [3.8, 4) is 0 Å². The lowest BCUT2D eigenvalue weighted by Crippen LogP contribution is -2.41. The van der Waals surface area contributed by atoms with Crippen molar-refractivity contribution in [3.05, 3.63) is 35.9 Å². The molecule has 0 aliphatic carbocycles. The summed E-state index contributed by atoms with van der Waals surface area (Å²) >= 11 is 0. The molecule has 1 saturated heterocycles. The van der Waals surface area contributed by atoms with Crippen LogP contribution in [0.15, 0.2) is 18.5 Å². The summed E-state index contributed by atoms with van der Waals surface area (Å²) in [6.07, 6.45) is 5.28. The molecular weight excluding hydrogens is 348 g/mol. The van der Waals surface area contributed by atoms with Crippen LogP contribution in [0, 0.1) is 0 Å². The lowest BCUT2D eigenvalue weighted by molar-refractivity contribution is 0.0657. The molecule has 1 fully saturated rings. The van der Waals surface area contributed by atoms with E-state index in [0.29, 0.717) is 24.8 Å². The van der Waals surface area contributed by atoms with Crippen molar-refractivity contribution in [2.75, 3.05) is 19.8 Å². The molecular formula is C17H20N8O2. The molecule has 27 heavy (non-hydrogen) atoms. The molecule has 1 amide bonds. The molecule has 140 valence electrons. The molecule has 0 saturated carbocycles. The first-order valence-corrected chi connectivity index (χ1v) is 9.19. The van der Waals surface area contributed by atoms with Gasteiger partial charge in [0.05, 0.1) is 12.6 Å². The molecule has 3 aromatic heterocycles. The summed E-state index contributed by atoms with van der Waals surface area (Å²) in [7, 11) is 0. The Morgan fingerprint density at radius 2 is 2.11 bits per heavy atom.